The molecule has 4 nitrogen and oxygen atoms in total. The third-order valence-electron chi connectivity index (χ3n) is 4.55. The highest BCUT2D eigenvalue weighted by atomic mass is 32.2. The van der Waals surface area contributed by atoms with Gasteiger partial charge >= 0.3 is 0 Å². The van der Waals surface area contributed by atoms with Crippen molar-refractivity contribution in [3.05, 3.63) is 0 Å². The SMILES string of the molecule is CSOC1CC(OC2CCN(CCOC(C)(C)C)C(C)C2)C1. The van der Waals surface area contributed by atoms with Crippen LogP contribution in [0, 0.1) is 0 Å². The molecule has 0 aromatic rings. The van der Waals surface area contributed by atoms with E-state index in [0.29, 0.717) is 24.4 Å². The van der Waals surface area contributed by atoms with Crippen LogP contribution in [0.3, 0.4) is 0 Å². The molecular formula is C17H33NO3S. The number of piperidine rings is 1. The molecule has 1 saturated carbocycles. The van der Waals surface area contributed by atoms with Crippen molar-refractivity contribution in [3.63, 3.8) is 0 Å². The van der Waals surface area contributed by atoms with Crippen LogP contribution in [-0.4, -0.2) is 60.8 Å². The maximum Gasteiger partial charge on any atom is 0.0771 e. The molecule has 0 N–H and O–H groups in total. The normalized spacial score (nSPS) is 33.7. The van der Waals surface area contributed by atoms with Gasteiger partial charge < -0.3 is 13.7 Å². The number of likely N-dealkylation sites (tertiary alicyclic amines) is 1. The van der Waals surface area contributed by atoms with Crippen molar-refractivity contribution in [2.24, 2.45) is 0 Å². The summed E-state index contributed by atoms with van der Waals surface area (Å²) in [5, 5.41) is 0. The number of hydrogen-bond donors (Lipinski definition) is 0. The highest BCUT2D eigenvalue weighted by molar-refractivity contribution is 7.93. The lowest BCUT2D eigenvalue weighted by Crippen LogP contribution is -2.47. The Balaban J connectivity index is 1.61. The maximum absolute atomic E-state index is 6.23. The fourth-order valence-corrected chi connectivity index (χ4v) is 3.65. The summed E-state index contributed by atoms with van der Waals surface area (Å²) in [5.41, 5.74) is -0.0374. The summed E-state index contributed by atoms with van der Waals surface area (Å²) in [5.74, 6) is 0. The summed E-state index contributed by atoms with van der Waals surface area (Å²) in [7, 11) is 0. The third kappa shape index (κ3) is 6.00. The van der Waals surface area contributed by atoms with Crippen molar-refractivity contribution >= 4 is 12.0 Å². The Hall–Kier alpha value is 0.190. The van der Waals surface area contributed by atoms with Gasteiger partial charge in [0.15, 0.2) is 0 Å². The molecule has 0 spiro atoms. The van der Waals surface area contributed by atoms with Crippen molar-refractivity contribution in [2.75, 3.05) is 26.0 Å². The first-order chi connectivity index (χ1) is 10.4. The van der Waals surface area contributed by atoms with Crippen LogP contribution in [-0.2, 0) is 13.7 Å². The van der Waals surface area contributed by atoms with E-state index in [1.54, 1.807) is 0 Å². The fourth-order valence-electron chi connectivity index (χ4n) is 3.22. The molecule has 0 aromatic heterocycles. The van der Waals surface area contributed by atoms with E-state index in [4.69, 9.17) is 13.7 Å². The van der Waals surface area contributed by atoms with Gasteiger partial charge in [0.25, 0.3) is 0 Å². The van der Waals surface area contributed by atoms with Gasteiger partial charge in [0.05, 0.1) is 30.5 Å². The Labute approximate surface area is 140 Å². The largest absolute Gasteiger partial charge is 0.375 e. The summed E-state index contributed by atoms with van der Waals surface area (Å²) in [4.78, 5) is 2.53. The van der Waals surface area contributed by atoms with Gasteiger partial charge in [0.2, 0.25) is 0 Å². The molecule has 2 unspecified atom stereocenters. The Morgan fingerprint density at radius 3 is 2.41 bits per heavy atom. The van der Waals surface area contributed by atoms with E-state index in [2.05, 4.69) is 32.6 Å². The molecule has 5 heteroatoms. The van der Waals surface area contributed by atoms with Crippen molar-refractivity contribution in [1.29, 1.82) is 0 Å². The number of ether oxygens (including phenoxy) is 2. The van der Waals surface area contributed by atoms with Crippen LogP contribution in [0.1, 0.15) is 53.4 Å². The van der Waals surface area contributed by atoms with Crippen molar-refractivity contribution in [2.45, 2.75) is 83.3 Å². The zero-order valence-electron chi connectivity index (χ0n) is 14.8. The Morgan fingerprint density at radius 1 is 1.09 bits per heavy atom. The second kappa shape index (κ2) is 8.34. The Bertz CT molecular complexity index is 328. The molecule has 1 aliphatic carbocycles. The molecule has 0 bridgehead atoms. The lowest BCUT2D eigenvalue weighted by Gasteiger charge is -2.42. The van der Waals surface area contributed by atoms with E-state index >= 15 is 0 Å². The van der Waals surface area contributed by atoms with Gasteiger partial charge in [0, 0.05) is 38.2 Å². The monoisotopic (exact) mass is 331 g/mol. The Kier molecular flexibility index (Phi) is 7.02. The smallest absolute Gasteiger partial charge is 0.0771 e. The van der Waals surface area contributed by atoms with E-state index in [-0.39, 0.29) is 5.60 Å². The molecule has 2 rings (SSSR count). The van der Waals surface area contributed by atoms with Crippen LogP contribution in [0.2, 0.25) is 0 Å². The first kappa shape index (κ1) is 18.5. The average molecular weight is 332 g/mol. The topological polar surface area (TPSA) is 30.9 Å². The van der Waals surface area contributed by atoms with E-state index < -0.39 is 0 Å². The second-order valence-corrected chi connectivity index (χ2v) is 8.13. The molecule has 1 aliphatic heterocycles. The van der Waals surface area contributed by atoms with Crippen LogP contribution in [0.5, 0.6) is 0 Å². The van der Waals surface area contributed by atoms with Crippen LogP contribution < -0.4 is 0 Å². The highest BCUT2D eigenvalue weighted by Gasteiger charge is 2.35. The van der Waals surface area contributed by atoms with E-state index in [9.17, 15) is 0 Å². The highest BCUT2D eigenvalue weighted by Crippen LogP contribution is 2.32. The van der Waals surface area contributed by atoms with Gasteiger partial charge in [-0.3, -0.25) is 4.90 Å². The lowest BCUT2D eigenvalue weighted by molar-refractivity contribution is -0.115. The van der Waals surface area contributed by atoms with E-state index in [1.165, 1.54) is 12.0 Å². The average Bonchev–Trinajstić information content (AvgIpc) is 2.37. The zero-order chi connectivity index (χ0) is 16.2. The van der Waals surface area contributed by atoms with Gasteiger partial charge in [0.1, 0.15) is 0 Å². The summed E-state index contributed by atoms with van der Waals surface area (Å²) in [6, 6.07) is 0.584. The molecule has 0 aromatic carbocycles. The minimum Gasteiger partial charge on any atom is -0.375 e. The van der Waals surface area contributed by atoms with Crippen LogP contribution in [0.15, 0.2) is 0 Å². The molecule has 0 radical (unpaired) electrons. The standard InChI is InChI=1S/C17H33NO3S/c1-13-10-14(20-15-11-16(12-15)21-22-5)6-7-18(13)8-9-19-17(2,3)4/h13-16H,6-12H2,1-5H3. The van der Waals surface area contributed by atoms with Crippen LogP contribution in [0.4, 0.5) is 0 Å². The number of nitrogens with zero attached hydrogens (tertiary/aromatic N) is 1. The maximum atomic E-state index is 6.23. The van der Waals surface area contributed by atoms with Crippen LogP contribution >= 0.6 is 12.0 Å². The van der Waals surface area contributed by atoms with Gasteiger partial charge in [-0.1, -0.05) is 0 Å². The van der Waals surface area contributed by atoms with Crippen molar-refractivity contribution in [3.8, 4) is 0 Å². The fraction of sp³-hybridized carbons (Fsp3) is 1.00. The van der Waals surface area contributed by atoms with Gasteiger partial charge in [-0.2, -0.15) is 0 Å². The molecule has 1 heterocycles. The molecular weight excluding hydrogens is 298 g/mol. The molecule has 130 valence electrons. The summed E-state index contributed by atoms with van der Waals surface area (Å²) < 4.78 is 17.6. The zero-order valence-corrected chi connectivity index (χ0v) is 15.7. The first-order valence-corrected chi connectivity index (χ1v) is 9.75. The van der Waals surface area contributed by atoms with Crippen molar-refractivity contribution < 1.29 is 13.7 Å². The molecule has 1 saturated heterocycles. The molecule has 2 fully saturated rings. The summed E-state index contributed by atoms with van der Waals surface area (Å²) in [6.45, 7) is 11.6. The van der Waals surface area contributed by atoms with Gasteiger partial charge in [-0.25, -0.2) is 0 Å². The number of rotatable bonds is 7. The predicted molar refractivity (Wildman–Crippen MR) is 92.3 cm³/mol. The molecule has 2 aliphatic rings. The van der Waals surface area contributed by atoms with Gasteiger partial charge in [-0.05, 0) is 52.6 Å². The summed E-state index contributed by atoms with van der Waals surface area (Å²) >= 11 is 1.47. The van der Waals surface area contributed by atoms with E-state index in [0.717, 1.165) is 45.4 Å². The number of hydrogen-bond acceptors (Lipinski definition) is 5. The first-order valence-electron chi connectivity index (χ1n) is 8.60. The summed E-state index contributed by atoms with van der Waals surface area (Å²) in [6.07, 6.45) is 7.65. The lowest BCUT2D eigenvalue weighted by atomic mass is 9.91. The van der Waals surface area contributed by atoms with Crippen molar-refractivity contribution in [1.82, 2.24) is 4.90 Å². The van der Waals surface area contributed by atoms with Gasteiger partial charge in [-0.15, -0.1) is 0 Å². The second-order valence-electron chi connectivity index (χ2n) is 7.61. The quantitative estimate of drug-likeness (QED) is 0.667. The predicted octanol–water partition coefficient (Wildman–Crippen LogP) is 3.50. The Morgan fingerprint density at radius 2 is 1.82 bits per heavy atom. The minimum absolute atomic E-state index is 0.0374. The molecule has 0 amide bonds. The van der Waals surface area contributed by atoms with Crippen LogP contribution in [0.25, 0.3) is 0 Å². The van der Waals surface area contributed by atoms with E-state index in [1.807, 2.05) is 6.26 Å². The third-order valence-corrected chi connectivity index (χ3v) is 5.01. The molecule has 2 atom stereocenters. The minimum atomic E-state index is -0.0374. The molecule has 22 heavy (non-hydrogen) atoms.